The van der Waals surface area contributed by atoms with Crippen molar-refractivity contribution in [1.82, 2.24) is 4.90 Å². The van der Waals surface area contributed by atoms with E-state index in [0.29, 0.717) is 21.6 Å². The van der Waals surface area contributed by atoms with Crippen LogP contribution in [0.3, 0.4) is 0 Å². The van der Waals surface area contributed by atoms with E-state index in [4.69, 9.17) is 0 Å². The predicted octanol–water partition coefficient (Wildman–Crippen LogP) is 2.46. The van der Waals surface area contributed by atoms with Gasteiger partial charge in [0, 0.05) is 31.4 Å². The summed E-state index contributed by atoms with van der Waals surface area (Å²) in [6, 6.07) is 7.37. The number of halogens is 2. The number of carbonyl (C=O) groups excluding carboxylic acids is 2. The van der Waals surface area contributed by atoms with Crippen molar-refractivity contribution in [3.05, 3.63) is 59.7 Å². The van der Waals surface area contributed by atoms with Gasteiger partial charge in [-0.2, -0.15) is 0 Å². The molecule has 0 radical (unpaired) electrons. The molecule has 2 amide bonds. The Labute approximate surface area is 168 Å². The molecule has 2 aromatic carbocycles. The lowest BCUT2D eigenvalue weighted by molar-refractivity contribution is -0.116. The Morgan fingerprint density at radius 1 is 1.00 bits per heavy atom. The van der Waals surface area contributed by atoms with E-state index in [-0.39, 0.29) is 11.6 Å². The molecule has 29 heavy (non-hydrogen) atoms. The Balaban J connectivity index is 2.25. The molecule has 1 N–H and O–H groups in total. The van der Waals surface area contributed by atoms with Crippen molar-refractivity contribution < 1.29 is 26.8 Å². The zero-order valence-electron chi connectivity index (χ0n) is 16.3. The highest BCUT2D eigenvalue weighted by Crippen LogP contribution is 2.24. The Hall–Kier alpha value is -3.01. The van der Waals surface area contributed by atoms with Crippen molar-refractivity contribution >= 4 is 33.2 Å². The zero-order chi connectivity index (χ0) is 21.9. The normalized spacial score (nSPS) is 12.2. The third-order valence-corrected chi connectivity index (χ3v) is 5.29. The number of rotatable bonds is 6. The molecule has 0 spiro atoms. The maximum Gasteiger partial charge on any atom is 0.253 e. The molecule has 0 aromatic heterocycles. The lowest BCUT2D eigenvalue weighted by atomic mass is 10.2. The molecule has 0 fully saturated rings. The van der Waals surface area contributed by atoms with Gasteiger partial charge in [-0.15, -0.1) is 0 Å². The number of nitrogens with zero attached hydrogens (tertiary/aromatic N) is 2. The maximum atomic E-state index is 13.6. The van der Waals surface area contributed by atoms with Crippen molar-refractivity contribution in [2.75, 3.05) is 30.0 Å². The summed E-state index contributed by atoms with van der Waals surface area (Å²) in [5.74, 6) is -3.26. The fraction of sp³-hybridized carbons (Fsp3) is 0.263. The van der Waals surface area contributed by atoms with E-state index < -0.39 is 33.6 Å². The fourth-order valence-electron chi connectivity index (χ4n) is 2.63. The maximum absolute atomic E-state index is 13.6. The first-order valence-corrected chi connectivity index (χ1v) is 10.3. The third-order valence-electron chi connectivity index (χ3n) is 4.05. The molecule has 7 nitrogen and oxygen atoms in total. The molecule has 2 aromatic rings. The Bertz CT molecular complexity index is 1020. The summed E-state index contributed by atoms with van der Waals surface area (Å²) in [5.41, 5.74) is 0.581. The lowest BCUT2D eigenvalue weighted by Gasteiger charge is -2.28. The van der Waals surface area contributed by atoms with Crippen LogP contribution in [0.4, 0.5) is 20.2 Å². The molecule has 0 aliphatic carbocycles. The number of benzene rings is 2. The third kappa shape index (κ3) is 5.29. The van der Waals surface area contributed by atoms with Crippen LogP contribution in [0.2, 0.25) is 0 Å². The van der Waals surface area contributed by atoms with E-state index in [1.807, 2.05) is 0 Å². The number of carbonyl (C=O) groups is 2. The van der Waals surface area contributed by atoms with Crippen LogP contribution in [-0.4, -0.2) is 51.5 Å². The van der Waals surface area contributed by atoms with E-state index >= 15 is 0 Å². The predicted molar refractivity (Wildman–Crippen MR) is 106 cm³/mol. The largest absolute Gasteiger partial charge is 0.345 e. The Kier molecular flexibility index (Phi) is 6.58. The van der Waals surface area contributed by atoms with Crippen LogP contribution in [0.1, 0.15) is 17.3 Å². The minimum absolute atomic E-state index is 0.180. The fourth-order valence-corrected chi connectivity index (χ4v) is 3.80. The van der Waals surface area contributed by atoms with Gasteiger partial charge in [-0.05, 0) is 43.3 Å². The summed E-state index contributed by atoms with van der Waals surface area (Å²) >= 11 is 0. The van der Waals surface area contributed by atoms with Gasteiger partial charge in [0.2, 0.25) is 15.9 Å². The number of amides is 2. The molecular formula is C19H21F2N3O4S. The first-order valence-electron chi connectivity index (χ1n) is 8.49. The van der Waals surface area contributed by atoms with Gasteiger partial charge >= 0.3 is 0 Å². The lowest BCUT2D eigenvalue weighted by Crippen LogP contribution is -2.45. The van der Waals surface area contributed by atoms with Gasteiger partial charge < -0.3 is 10.2 Å². The molecule has 0 heterocycles. The molecular weight excluding hydrogens is 404 g/mol. The van der Waals surface area contributed by atoms with E-state index in [1.165, 1.54) is 36.1 Å². The molecule has 0 aliphatic heterocycles. The van der Waals surface area contributed by atoms with Gasteiger partial charge in [-0.25, -0.2) is 17.2 Å². The second kappa shape index (κ2) is 8.56. The van der Waals surface area contributed by atoms with Gasteiger partial charge in [0.05, 0.1) is 11.9 Å². The minimum Gasteiger partial charge on any atom is -0.345 e. The summed E-state index contributed by atoms with van der Waals surface area (Å²) in [5, 5.41) is 2.55. The number of nitrogens with one attached hydrogen (secondary N) is 1. The molecule has 0 unspecified atom stereocenters. The standard InChI is InChI=1S/C19H21F2N3O4S/c1-12(24(29(4,27)28)15-9-10-16(20)17(21)11-15)18(25)22-14-7-5-13(6-8-14)19(26)23(2)3/h5-12H,1-4H3,(H,22,25)/t12-/m0/s1. The molecule has 0 bridgehead atoms. The molecule has 156 valence electrons. The summed E-state index contributed by atoms with van der Waals surface area (Å²) in [6.45, 7) is 1.32. The van der Waals surface area contributed by atoms with Crippen LogP contribution >= 0.6 is 0 Å². The second-order valence-electron chi connectivity index (χ2n) is 6.60. The molecule has 1 atom stereocenters. The Morgan fingerprint density at radius 2 is 1.59 bits per heavy atom. The van der Waals surface area contributed by atoms with Crippen molar-refractivity contribution in [2.24, 2.45) is 0 Å². The van der Waals surface area contributed by atoms with Crippen LogP contribution in [-0.2, 0) is 14.8 Å². The first-order chi connectivity index (χ1) is 13.4. The average molecular weight is 425 g/mol. The number of hydrogen-bond acceptors (Lipinski definition) is 4. The van der Waals surface area contributed by atoms with Crippen LogP contribution in [0.15, 0.2) is 42.5 Å². The van der Waals surface area contributed by atoms with E-state index in [0.717, 1.165) is 18.4 Å². The summed E-state index contributed by atoms with van der Waals surface area (Å²) in [7, 11) is -0.761. The van der Waals surface area contributed by atoms with Crippen molar-refractivity contribution in [3.8, 4) is 0 Å². The summed E-state index contributed by atoms with van der Waals surface area (Å²) < 4.78 is 51.9. The molecule has 2 rings (SSSR count). The van der Waals surface area contributed by atoms with Crippen LogP contribution < -0.4 is 9.62 Å². The quantitative estimate of drug-likeness (QED) is 0.770. The Morgan fingerprint density at radius 3 is 2.07 bits per heavy atom. The van der Waals surface area contributed by atoms with Gasteiger partial charge in [-0.1, -0.05) is 0 Å². The second-order valence-corrected chi connectivity index (χ2v) is 8.46. The first kappa shape index (κ1) is 22.3. The van der Waals surface area contributed by atoms with Crippen molar-refractivity contribution in [3.63, 3.8) is 0 Å². The SMILES string of the molecule is C[C@@H](C(=O)Nc1ccc(C(=O)N(C)C)cc1)N(c1ccc(F)c(F)c1)S(C)(=O)=O. The topological polar surface area (TPSA) is 86.8 Å². The molecule has 0 saturated carbocycles. The monoisotopic (exact) mass is 425 g/mol. The van der Waals surface area contributed by atoms with Crippen molar-refractivity contribution in [2.45, 2.75) is 13.0 Å². The highest BCUT2D eigenvalue weighted by Gasteiger charge is 2.30. The number of anilines is 2. The van der Waals surface area contributed by atoms with Crippen LogP contribution in [0.5, 0.6) is 0 Å². The average Bonchev–Trinajstić information content (AvgIpc) is 2.63. The smallest absolute Gasteiger partial charge is 0.253 e. The van der Waals surface area contributed by atoms with Gasteiger partial charge in [0.25, 0.3) is 5.91 Å². The summed E-state index contributed by atoms with van der Waals surface area (Å²) in [4.78, 5) is 25.9. The minimum atomic E-state index is -3.98. The van der Waals surface area contributed by atoms with Crippen LogP contribution in [0.25, 0.3) is 0 Å². The van der Waals surface area contributed by atoms with E-state index in [9.17, 15) is 26.8 Å². The summed E-state index contributed by atoms with van der Waals surface area (Å²) in [6.07, 6.45) is 0.861. The number of sulfonamides is 1. The highest BCUT2D eigenvalue weighted by molar-refractivity contribution is 7.92. The highest BCUT2D eigenvalue weighted by atomic mass is 32.2. The van der Waals surface area contributed by atoms with Gasteiger partial charge in [0.1, 0.15) is 6.04 Å². The van der Waals surface area contributed by atoms with Crippen molar-refractivity contribution in [1.29, 1.82) is 0 Å². The molecule has 0 saturated heterocycles. The molecule has 10 heteroatoms. The number of hydrogen-bond donors (Lipinski definition) is 1. The van der Waals surface area contributed by atoms with E-state index in [2.05, 4.69) is 5.32 Å². The van der Waals surface area contributed by atoms with Gasteiger partial charge in [0.15, 0.2) is 11.6 Å². The zero-order valence-corrected chi connectivity index (χ0v) is 17.1. The van der Waals surface area contributed by atoms with Crippen LogP contribution in [0, 0.1) is 11.6 Å². The van der Waals surface area contributed by atoms with Gasteiger partial charge in [-0.3, -0.25) is 13.9 Å². The molecule has 0 aliphatic rings. The van der Waals surface area contributed by atoms with E-state index in [1.54, 1.807) is 14.1 Å².